The highest BCUT2D eigenvalue weighted by Gasteiger charge is 2.27. The van der Waals surface area contributed by atoms with Crippen LogP contribution in [0.3, 0.4) is 0 Å². The second kappa shape index (κ2) is 7.01. The lowest BCUT2D eigenvalue weighted by Crippen LogP contribution is -2.44. The van der Waals surface area contributed by atoms with Crippen LogP contribution in [-0.2, 0) is 6.54 Å². The molecule has 1 aromatic rings. The summed E-state index contributed by atoms with van der Waals surface area (Å²) in [6.07, 6.45) is 11.3. The van der Waals surface area contributed by atoms with E-state index in [0.29, 0.717) is 0 Å². The summed E-state index contributed by atoms with van der Waals surface area (Å²) in [6, 6.07) is 4.20. The van der Waals surface area contributed by atoms with Gasteiger partial charge in [0.2, 0.25) is 0 Å². The summed E-state index contributed by atoms with van der Waals surface area (Å²) < 4.78 is 0. The summed E-state index contributed by atoms with van der Waals surface area (Å²) in [7, 11) is 0. The molecule has 1 saturated carbocycles. The fourth-order valence-corrected chi connectivity index (χ4v) is 2.98. The molecule has 0 unspecified atom stereocenters. The van der Waals surface area contributed by atoms with Gasteiger partial charge in [-0.25, -0.2) is 0 Å². The molecule has 0 saturated heterocycles. The molecule has 2 rings (SSSR count). The Labute approximate surface area is 117 Å². The van der Waals surface area contributed by atoms with E-state index in [1.165, 1.54) is 37.7 Å². The van der Waals surface area contributed by atoms with Crippen molar-refractivity contribution in [2.75, 3.05) is 13.1 Å². The Morgan fingerprint density at radius 1 is 1.21 bits per heavy atom. The molecular formula is C16H27N3. The van der Waals surface area contributed by atoms with Crippen molar-refractivity contribution in [3.05, 3.63) is 30.1 Å². The van der Waals surface area contributed by atoms with Crippen LogP contribution >= 0.6 is 0 Å². The zero-order chi connectivity index (χ0) is 13.6. The SMILES string of the molecule is CCN(CCC1(N)CCCCC1)Cc1ccncc1. The van der Waals surface area contributed by atoms with Crippen LogP contribution in [0.25, 0.3) is 0 Å². The molecule has 0 bridgehead atoms. The summed E-state index contributed by atoms with van der Waals surface area (Å²) in [5, 5.41) is 0. The van der Waals surface area contributed by atoms with Crippen LogP contribution in [0.15, 0.2) is 24.5 Å². The fourth-order valence-electron chi connectivity index (χ4n) is 2.98. The van der Waals surface area contributed by atoms with Crippen LogP contribution in [0.5, 0.6) is 0 Å². The molecular weight excluding hydrogens is 234 g/mol. The number of rotatable bonds is 6. The molecule has 0 amide bonds. The van der Waals surface area contributed by atoms with Gasteiger partial charge in [0.25, 0.3) is 0 Å². The molecule has 0 atom stereocenters. The lowest BCUT2D eigenvalue weighted by atomic mass is 9.80. The normalized spacial score (nSPS) is 18.7. The standard InChI is InChI=1S/C16H27N3/c1-2-19(14-15-6-11-18-12-7-15)13-10-16(17)8-4-3-5-9-16/h6-7,11-12H,2-5,8-10,13-14,17H2,1H3. The van der Waals surface area contributed by atoms with Gasteiger partial charge in [-0.05, 0) is 43.5 Å². The van der Waals surface area contributed by atoms with Gasteiger partial charge in [-0.15, -0.1) is 0 Å². The van der Waals surface area contributed by atoms with Gasteiger partial charge in [0.15, 0.2) is 0 Å². The largest absolute Gasteiger partial charge is 0.325 e. The highest BCUT2D eigenvalue weighted by atomic mass is 15.1. The van der Waals surface area contributed by atoms with Gasteiger partial charge in [0, 0.05) is 31.0 Å². The minimum absolute atomic E-state index is 0.101. The zero-order valence-electron chi connectivity index (χ0n) is 12.1. The van der Waals surface area contributed by atoms with E-state index >= 15 is 0 Å². The van der Waals surface area contributed by atoms with E-state index in [4.69, 9.17) is 5.73 Å². The maximum atomic E-state index is 6.52. The first-order valence-electron chi connectivity index (χ1n) is 7.62. The summed E-state index contributed by atoms with van der Waals surface area (Å²) in [6.45, 7) is 5.42. The second-order valence-corrected chi connectivity index (χ2v) is 5.90. The van der Waals surface area contributed by atoms with Crippen LogP contribution < -0.4 is 5.73 Å². The smallest absolute Gasteiger partial charge is 0.0271 e. The third-order valence-corrected chi connectivity index (χ3v) is 4.38. The Morgan fingerprint density at radius 2 is 1.89 bits per heavy atom. The van der Waals surface area contributed by atoms with E-state index in [1.54, 1.807) is 0 Å². The molecule has 1 heterocycles. The molecule has 0 radical (unpaired) electrons. The third kappa shape index (κ3) is 4.59. The Hall–Kier alpha value is -0.930. The number of hydrogen-bond donors (Lipinski definition) is 1. The third-order valence-electron chi connectivity index (χ3n) is 4.38. The van der Waals surface area contributed by atoms with Crippen molar-refractivity contribution in [2.45, 2.75) is 57.5 Å². The Morgan fingerprint density at radius 3 is 2.53 bits per heavy atom. The molecule has 1 fully saturated rings. The summed E-state index contributed by atoms with van der Waals surface area (Å²) in [5.41, 5.74) is 7.96. The predicted octanol–water partition coefficient (Wildman–Crippen LogP) is 2.96. The number of nitrogens with zero attached hydrogens (tertiary/aromatic N) is 2. The van der Waals surface area contributed by atoms with Gasteiger partial charge in [0.05, 0.1) is 0 Å². The van der Waals surface area contributed by atoms with Crippen molar-refractivity contribution in [1.82, 2.24) is 9.88 Å². The molecule has 3 nitrogen and oxygen atoms in total. The van der Waals surface area contributed by atoms with E-state index in [1.807, 2.05) is 12.4 Å². The van der Waals surface area contributed by atoms with Crippen LogP contribution in [0.1, 0.15) is 51.0 Å². The van der Waals surface area contributed by atoms with Gasteiger partial charge >= 0.3 is 0 Å². The van der Waals surface area contributed by atoms with Crippen LogP contribution in [0.2, 0.25) is 0 Å². The monoisotopic (exact) mass is 261 g/mol. The van der Waals surface area contributed by atoms with E-state index in [2.05, 4.69) is 28.9 Å². The van der Waals surface area contributed by atoms with Crippen molar-refractivity contribution in [3.8, 4) is 0 Å². The van der Waals surface area contributed by atoms with Crippen molar-refractivity contribution in [1.29, 1.82) is 0 Å². The van der Waals surface area contributed by atoms with Crippen molar-refractivity contribution >= 4 is 0 Å². The lowest BCUT2D eigenvalue weighted by Gasteiger charge is -2.35. The van der Waals surface area contributed by atoms with Gasteiger partial charge in [-0.2, -0.15) is 0 Å². The first kappa shape index (κ1) is 14.5. The number of aromatic nitrogens is 1. The van der Waals surface area contributed by atoms with Crippen LogP contribution in [0, 0.1) is 0 Å². The Bertz CT molecular complexity index is 358. The lowest BCUT2D eigenvalue weighted by molar-refractivity contribution is 0.208. The van der Waals surface area contributed by atoms with E-state index in [9.17, 15) is 0 Å². The number of pyridine rings is 1. The van der Waals surface area contributed by atoms with Crippen molar-refractivity contribution in [3.63, 3.8) is 0 Å². The zero-order valence-corrected chi connectivity index (χ0v) is 12.1. The highest BCUT2D eigenvalue weighted by Crippen LogP contribution is 2.28. The van der Waals surface area contributed by atoms with E-state index in [0.717, 1.165) is 26.1 Å². The van der Waals surface area contributed by atoms with Crippen LogP contribution in [0.4, 0.5) is 0 Å². The maximum Gasteiger partial charge on any atom is 0.0271 e. The molecule has 3 heteroatoms. The molecule has 19 heavy (non-hydrogen) atoms. The van der Waals surface area contributed by atoms with Crippen molar-refractivity contribution in [2.24, 2.45) is 5.73 Å². The molecule has 0 aromatic carbocycles. The van der Waals surface area contributed by atoms with Crippen LogP contribution in [-0.4, -0.2) is 28.5 Å². The minimum Gasteiger partial charge on any atom is -0.325 e. The Kier molecular flexibility index (Phi) is 5.34. The Balaban J connectivity index is 1.82. The highest BCUT2D eigenvalue weighted by molar-refractivity contribution is 5.09. The second-order valence-electron chi connectivity index (χ2n) is 5.90. The minimum atomic E-state index is 0.101. The molecule has 1 aliphatic rings. The maximum absolute atomic E-state index is 6.52. The summed E-state index contributed by atoms with van der Waals surface area (Å²) in [4.78, 5) is 6.56. The molecule has 0 spiro atoms. The van der Waals surface area contributed by atoms with Gasteiger partial charge < -0.3 is 5.73 Å². The average molecular weight is 261 g/mol. The van der Waals surface area contributed by atoms with Gasteiger partial charge in [0.1, 0.15) is 0 Å². The molecule has 1 aliphatic carbocycles. The summed E-state index contributed by atoms with van der Waals surface area (Å²) in [5.74, 6) is 0. The van der Waals surface area contributed by atoms with E-state index in [-0.39, 0.29) is 5.54 Å². The molecule has 1 aromatic heterocycles. The number of hydrogen-bond acceptors (Lipinski definition) is 3. The predicted molar refractivity (Wildman–Crippen MR) is 79.8 cm³/mol. The number of nitrogens with two attached hydrogens (primary N) is 1. The molecule has 106 valence electrons. The first-order valence-corrected chi connectivity index (χ1v) is 7.62. The van der Waals surface area contributed by atoms with Gasteiger partial charge in [-0.3, -0.25) is 9.88 Å². The first-order chi connectivity index (χ1) is 9.22. The topological polar surface area (TPSA) is 42.1 Å². The molecule has 0 aliphatic heterocycles. The fraction of sp³-hybridized carbons (Fsp3) is 0.688. The van der Waals surface area contributed by atoms with Gasteiger partial charge in [-0.1, -0.05) is 26.2 Å². The quantitative estimate of drug-likeness (QED) is 0.856. The molecule has 2 N–H and O–H groups in total. The van der Waals surface area contributed by atoms with E-state index < -0.39 is 0 Å². The van der Waals surface area contributed by atoms with Crippen molar-refractivity contribution < 1.29 is 0 Å². The average Bonchev–Trinajstić information content (AvgIpc) is 2.45. The summed E-state index contributed by atoms with van der Waals surface area (Å²) >= 11 is 0.